The normalized spacial score (nSPS) is 12.0. The third kappa shape index (κ3) is 7.10. The summed E-state index contributed by atoms with van der Waals surface area (Å²) >= 11 is 5.99. The minimum atomic E-state index is -0.648. The lowest BCUT2D eigenvalue weighted by Gasteiger charge is -2.28. The molecular weight excluding hydrogens is 446 g/mol. The van der Waals surface area contributed by atoms with Crippen molar-refractivity contribution in [2.45, 2.75) is 64.8 Å². The van der Waals surface area contributed by atoms with Crippen LogP contribution in [0, 0.1) is 0 Å². The van der Waals surface area contributed by atoms with Crippen molar-refractivity contribution < 1.29 is 9.59 Å². The number of unbranched alkanes of at least 4 members (excludes halogenated alkanes) is 4. The van der Waals surface area contributed by atoms with E-state index in [4.69, 9.17) is 11.6 Å². The second kappa shape index (κ2) is 13.2. The number of nitrogens with zero attached hydrogens (tertiary/aromatic N) is 1. The zero-order valence-corrected chi connectivity index (χ0v) is 21.0. The molecule has 2 amide bonds. The molecular formula is C28H36ClN3O2. The third-order valence-electron chi connectivity index (χ3n) is 6.18. The number of nitrogens with one attached hydrogen (secondary N) is 2. The standard InChI is InChI=1S/C28H36ClN3O2/c1-3-5-9-17-32(18-10-6-4-2)28(34)26(31-27(33)21-13-15-23(29)16-14-21)19-22-20-30-25-12-8-7-11-24(22)25/h7-8,11-16,20,26,30H,3-6,9-10,17-19H2,1-2H3,(H,31,33)/t26-/m1/s1. The first-order chi connectivity index (χ1) is 16.5. The van der Waals surface area contributed by atoms with Crippen LogP contribution < -0.4 is 5.32 Å². The second-order valence-corrected chi connectivity index (χ2v) is 9.27. The van der Waals surface area contributed by atoms with Crippen molar-refractivity contribution in [3.05, 3.63) is 70.9 Å². The number of carbonyl (C=O) groups is 2. The molecule has 0 radical (unpaired) electrons. The van der Waals surface area contributed by atoms with E-state index in [1.54, 1.807) is 24.3 Å². The van der Waals surface area contributed by atoms with E-state index in [1.807, 2.05) is 35.4 Å². The van der Waals surface area contributed by atoms with Crippen LogP contribution in [0.3, 0.4) is 0 Å². The zero-order valence-electron chi connectivity index (χ0n) is 20.3. The first kappa shape index (κ1) is 25.8. The van der Waals surface area contributed by atoms with Gasteiger partial charge >= 0.3 is 0 Å². The molecule has 6 heteroatoms. The number of hydrogen-bond donors (Lipinski definition) is 2. The first-order valence-corrected chi connectivity index (χ1v) is 12.8. The maximum Gasteiger partial charge on any atom is 0.251 e. The van der Waals surface area contributed by atoms with Crippen molar-refractivity contribution in [1.29, 1.82) is 0 Å². The van der Waals surface area contributed by atoms with Gasteiger partial charge in [0.2, 0.25) is 5.91 Å². The smallest absolute Gasteiger partial charge is 0.251 e. The van der Waals surface area contributed by atoms with Gasteiger partial charge in [0.05, 0.1) is 0 Å². The summed E-state index contributed by atoms with van der Waals surface area (Å²) < 4.78 is 0. The third-order valence-corrected chi connectivity index (χ3v) is 6.44. The molecule has 5 nitrogen and oxygen atoms in total. The first-order valence-electron chi connectivity index (χ1n) is 12.4. The molecule has 0 fully saturated rings. The fraction of sp³-hybridized carbons (Fsp3) is 0.429. The van der Waals surface area contributed by atoms with E-state index in [0.29, 0.717) is 17.0 Å². The van der Waals surface area contributed by atoms with E-state index >= 15 is 0 Å². The van der Waals surface area contributed by atoms with Gasteiger partial charge in [0.1, 0.15) is 6.04 Å². The van der Waals surface area contributed by atoms with Crippen LogP contribution in [-0.4, -0.2) is 40.8 Å². The number of carbonyl (C=O) groups excluding carboxylic acids is 2. The highest BCUT2D eigenvalue weighted by molar-refractivity contribution is 6.30. The van der Waals surface area contributed by atoms with Crippen LogP contribution in [0.5, 0.6) is 0 Å². The highest BCUT2D eigenvalue weighted by atomic mass is 35.5. The van der Waals surface area contributed by atoms with E-state index in [-0.39, 0.29) is 11.8 Å². The molecule has 0 aliphatic rings. The summed E-state index contributed by atoms with van der Waals surface area (Å²) in [6, 6.07) is 14.1. The van der Waals surface area contributed by atoms with Gasteiger partial charge in [-0.1, -0.05) is 69.3 Å². The maximum atomic E-state index is 13.8. The topological polar surface area (TPSA) is 65.2 Å². The second-order valence-electron chi connectivity index (χ2n) is 8.84. The lowest BCUT2D eigenvalue weighted by Crippen LogP contribution is -2.50. The molecule has 0 spiro atoms. The van der Waals surface area contributed by atoms with Gasteiger partial charge in [-0.15, -0.1) is 0 Å². The van der Waals surface area contributed by atoms with Crippen molar-refractivity contribution in [3.63, 3.8) is 0 Å². The van der Waals surface area contributed by atoms with Crippen molar-refractivity contribution in [1.82, 2.24) is 15.2 Å². The highest BCUT2D eigenvalue weighted by Gasteiger charge is 2.27. The number of para-hydroxylation sites is 1. The summed E-state index contributed by atoms with van der Waals surface area (Å²) in [6.07, 6.45) is 8.69. The predicted octanol–water partition coefficient (Wildman–Crippen LogP) is 6.37. The molecule has 2 N–H and O–H groups in total. The molecule has 0 bridgehead atoms. The Kier molecular flexibility index (Phi) is 10.0. The van der Waals surface area contributed by atoms with Gasteiger partial charge in [0.25, 0.3) is 5.91 Å². The van der Waals surface area contributed by atoms with Gasteiger partial charge in [-0.25, -0.2) is 0 Å². The van der Waals surface area contributed by atoms with Crippen molar-refractivity contribution >= 4 is 34.3 Å². The molecule has 2 aromatic carbocycles. The number of fused-ring (bicyclic) bond motifs is 1. The summed E-state index contributed by atoms with van der Waals surface area (Å²) in [4.78, 5) is 32.1. The number of H-pyrrole nitrogens is 1. The largest absolute Gasteiger partial charge is 0.361 e. The quantitative estimate of drug-likeness (QED) is 0.278. The van der Waals surface area contributed by atoms with Gasteiger partial charge in [0, 0.05) is 47.2 Å². The van der Waals surface area contributed by atoms with Gasteiger partial charge in [-0.2, -0.15) is 0 Å². The minimum Gasteiger partial charge on any atom is -0.361 e. The molecule has 0 saturated carbocycles. The average molecular weight is 482 g/mol. The molecule has 1 heterocycles. The van der Waals surface area contributed by atoms with E-state index in [1.165, 1.54) is 0 Å². The van der Waals surface area contributed by atoms with Crippen LogP contribution in [0.2, 0.25) is 5.02 Å². The van der Waals surface area contributed by atoms with Gasteiger partial charge < -0.3 is 15.2 Å². The van der Waals surface area contributed by atoms with Gasteiger partial charge in [0.15, 0.2) is 0 Å². The summed E-state index contributed by atoms with van der Waals surface area (Å²) in [6.45, 7) is 5.76. The number of halogens is 1. The molecule has 0 aliphatic heterocycles. The fourth-order valence-corrected chi connectivity index (χ4v) is 4.35. The number of aromatic amines is 1. The maximum absolute atomic E-state index is 13.8. The molecule has 182 valence electrons. The fourth-order valence-electron chi connectivity index (χ4n) is 4.22. The highest BCUT2D eigenvalue weighted by Crippen LogP contribution is 2.20. The van der Waals surface area contributed by atoms with E-state index in [0.717, 1.165) is 68.1 Å². The molecule has 34 heavy (non-hydrogen) atoms. The molecule has 1 aromatic heterocycles. The van der Waals surface area contributed by atoms with Crippen molar-refractivity contribution in [2.24, 2.45) is 0 Å². The monoisotopic (exact) mass is 481 g/mol. The van der Waals surface area contributed by atoms with Gasteiger partial charge in [-0.05, 0) is 48.7 Å². The number of aromatic nitrogens is 1. The Morgan fingerprint density at radius 1 is 0.941 bits per heavy atom. The summed E-state index contributed by atoms with van der Waals surface area (Å²) in [5, 5.41) is 4.67. The van der Waals surface area contributed by atoms with Crippen LogP contribution in [-0.2, 0) is 11.2 Å². The Morgan fingerprint density at radius 2 is 1.59 bits per heavy atom. The Morgan fingerprint density at radius 3 is 2.24 bits per heavy atom. The Labute approximate surface area is 207 Å². The molecule has 1 atom stereocenters. The average Bonchev–Trinajstić information content (AvgIpc) is 3.25. The minimum absolute atomic E-state index is 0.0141. The van der Waals surface area contributed by atoms with Crippen LogP contribution in [0.25, 0.3) is 10.9 Å². The van der Waals surface area contributed by atoms with Crippen LogP contribution in [0.15, 0.2) is 54.7 Å². The molecule has 0 saturated heterocycles. The van der Waals surface area contributed by atoms with Crippen LogP contribution in [0.1, 0.15) is 68.3 Å². The van der Waals surface area contributed by atoms with Crippen LogP contribution in [0.4, 0.5) is 0 Å². The molecule has 0 unspecified atom stereocenters. The van der Waals surface area contributed by atoms with Gasteiger partial charge in [-0.3, -0.25) is 9.59 Å². The number of amides is 2. The number of hydrogen-bond acceptors (Lipinski definition) is 2. The Balaban J connectivity index is 1.85. The molecule has 3 aromatic rings. The summed E-state index contributed by atoms with van der Waals surface area (Å²) in [5.41, 5.74) is 2.53. The molecule has 3 rings (SSSR count). The Hall–Kier alpha value is -2.79. The molecule has 0 aliphatic carbocycles. The number of benzene rings is 2. The lowest BCUT2D eigenvalue weighted by atomic mass is 10.0. The summed E-state index contributed by atoms with van der Waals surface area (Å²) in [7, 11) is 0. The Bertz CT molecular complexity index is 1050. The predicted molar refractivity (Wildman–Crippen MR) is 140 cm³/mol. The van der Waals surface area contributed by atoms with Crippen molar-refractivity contribution in [3.8, 4) is 0 Å². The number of rotatable bonds is 13. The van der Waals surface area contributed by atoms with E-state index in [2.05, 4.69) is 24.1 Å². The summed E-state index contributed by atoms with van der Waals surface area (Å²) in [5.74, 6) is -0.281. The van der Waals surface area contributed by atoms with Crippen LogP contribution >= 0.6 is 11.6 Å². The SMILES string of the molecule is CCCCCN(CCCCC)C(=O)[C@@H](Cc1c[nH]c2ccccc12)NC(=O)c1ccc(Cl)cc1. The van der Waals surface area contributed by atoms with E-state index < -0.39 is 6.04 Å². The zero-order chi connectivity index (χ0) is 24.3. The lowest BCUT2D eigenvalue weighted by molar-refractivity contribution is -0.133. The van der Waals surface area contributed by atoms with Crippen molar-refractivity contribution in [2.75, 3.05) is 13.1 Å². The van der Waals surface area contributed by atoms with E-state index in [9.17, 15) is 9.59 Å².